The number of aliphatic imine (C=N–C) groups is 1. The van der Waals surface area contributed by atoms with Crippen LogP contribution >= 0.6 is 0 Å². The van der Waals surface area contributed by atoms with Gasteiger partial charge in [-0.3, -0.25) is 9.79 Å². The molecule has 0 radical (unpaired) electrons. The minimum atomic E-state index is 0.204. The van der Waals surface area contributed by atoms with Crippen LogP contribution in [0.1, 0.15) is 32.6 Å². The predicted molar refractivity (Wildman–Crippen MR) is 89.9 cm³/mol. The van der Waals surface area contributed by atoms with E-state index in [2.05, 4.69) is 39.8 Å². The highest BCUT2D eigenvalue weighted by atomic mass is 16.2. The van der Waals surface area contributed by atoms with Crippen LogP contribution in [0.25, 0.3) is 0 Å². The number of carbonyl (C=O) groups is 1. The molecule has 1 saturated heterocycles. The zero-order valence-electron chi connectivity index (χ0n) is 14.0. The molecular weight excluding hydrogens is 278 g/mol. The van der Waals surface area contributed by atoms with Crippen LogP contribution in [0.5, 0.6) is 0 Å². The molecule has 2 fully saturated rings. The van der Waals surface area contributed by atoms with Crippen LogP contribution < -0.4 is 16.0 Å². The lowest BCUT2D eigenvalue weighted by atomic mass is 9.97. The maximum atomic E-state index is 11.5. The van der Waals surface area contributed by atoms with Crippen molar-refractivity contribution in [2.24, 2.45) is 16.8 Å². The van der Waals surface area contributed by atoms with E-state index in [4.69, 9.17) is 0 Å². The molecule has 2 aliphatic rings. The summed E-state index contributed by atoms with van der Waals surface area (Å²) in [6.45, 7) is 7.55. The quantitative estimate of drug-likeness (QED) is 0.362. The fourth-order valence-electron chi connectivity index (χ4n) is 2.66. The first kappa shape index (κ1) is 17.1. The summed E-state index contributed by atoms with van der Waals surface area (Å²) in [5, 5.41) is 9.53. The molecule has 3 N–H and O–H groups in total. The van der Waals surface area contributed by atoms with E-state index in [0.29, 0.717) is 12.5 Å². The summed E-state index contributed by atoms with van der Waals surface area (Å²) in [7, 11) is 2.18. The Morgan fingerprint density at radius 3 is 2.41 bits per heavy atom. The highest BCUT2D eigenvalue weighted by Crippen LogP contribution is 2.28. The fraction of sp³-hybridized carbons (Fsp3) is 0.875. The van der Waals surface area contributed by atoms with Crippen molar-refractivity contribution in [2.45, 2.75) is 32.6 Å². The molecule has 0 aromatic heterocycles. The van der Waals surface area contributed by atoms with E-state index < -0.39 is 0 Å². The molecule has 0 aromatic carbocycles. The van der Waals surface area contributed by atoms with Crippen LogP contribution in [0.15, 0.2) is 4.99 Å². The molecule has 0 unspecified atom stereocenters. The number of likely N-dealkylation sites (tertiary alicyclic amines) is 1. The van der Waals surface area contributed by atoms with E-state index >= 15 is 0 Å². The van der Waals surface area contributed by atoms with Gasteiger partial charge in [-0.2, -0.15) is 0 Å². The van der Waals surface area contributed by atoms with Crippen LogP contribution in [0.2, 0.25) is 0 Å². The van der Waals surface area contributed by atoms with E-state index in [1.54, 1.807) is 0 Å². The minimum Gasteiger partial charge on any atom is -0.357 e. The molecular formula is C16H31N5O. The first-order chi connectivity index (χ1) is 10.7. The normalized spacial score (nSPS) is 20.7. The van der Waals surface area contributed by atoms with Crippen molar-refractivity contribution in [1.29, 1.82) is 0 Å². The lowest BCUT2D eigenvalue weighted by molar-refractivity contribution is -0.122. The van der Waals surface area contributed by atoms with Gasteiger partial charge in [0.25, 0.3) is 0 Å². The van der Waals surface area contributed by atoms with Crippen LogP contribution in [0.4, 0.5) is 0 Å². The lowest BCUT2D eigenvalue weighted by Gasteiger charge is -2.28. The molecule has 0 aromatic rings. The van der Waals surface area contributed by atoms with E-state index in [-0.39, 0.29) is 11.8 Å². The molecule has 1 saturated carbocycles. The van der Waals surface area contributed by atoms with E-state index in [1.807, 2.05) is 0 Å². The second-order valence-electron chi connectivity index (χ2n) is 6.46. The molecule has 22 heavy (non-hydrogen) atoms. The van der Waals surface area contributed by atoms with Gasteiger partial charge in [-0.25, -0.2) is 0 Å². The second-order valence-corrected chi connectivity index (χ2v) is 6.46. The molecule has 6 nitrogen and oxygen atoms in total. The Bertz CT molecular complexity index is 373. The molecule has 1 aliphatic carbocycles. The van der Waals surface area contributed by atoms with Crippen LogP contribution in [0.3, 0.4) is 0 Å². The third-order valence-corrected chi connectivity index (χ3v) is 4.35. The summed E-state index contributed by atoms with van der Waals surface area (Å²) in [4.78, 5) is 18.6. The summed E-state index contributed by atoms with van der Waals surface area (Å²) in [5.41, 5.74) is 0. The van der Waals surface area contributed by atoms with Crippen LogP contribution in [-0.2, 0) is 4.79 Å². The van der Waals surface area contributed by atoms with Gasteiger partial charge in [-0.1, -0.05) is 0 Å². The first-order valence-corrected chi connectivity index (χ1v) is 8.67. The van der Waals surface area contributed by atoms with Crippen LogP contribution in [0, 0.1) is 11.8 Å². The Morgan fingerprint density at radius 2 is 1.77 bits per heavy atom. The van der Waals surface area contributed by atoms with Crippen LogP contribution in [-0.4, -0.2) is 63.1 Å². The first-order valence-electron chi connectivity index (χ1n) is 8.67. The highest BCUT2D eigenvalue weighted by molar-refractivity contribution is 5.81. The zero-order valence-corrected chi connectivity index (χ0v) is 14.0. The van der Waals surface area contributed by atoms with Crippen molar-refractivity contribution in [3.05, 3.63) is 0 Å². The predicted octanol–water partition coefficient (Wildman–Crippen LogP) is 0.410. The minimum absolute atomic E-state index is 0.204. The maximum Gasteiger partial charge on any atom is 0.223 e. The zero-order chi connectivity index (χ0) is 15.8. The van der Waals surface area contributed by atoms with E-state index in [0.717, 1.165) is 38.4 Å². The number of guanidine groups is 1. The molecule has 1 heterocycles. The van der Waals surface area contributed by atoms with Crippen molar-refractivity contribution in [1.82, 2.24) is 20.9 Å². The van der Waals surface area contributed by atoms with Gasteiger partial charge in [0, 0.05) is 32.1 Å². The average Bonchev–Trinajstić information content (AvgIpc) is 3.35. The molecule has 1 amide bonds. The lowest BCUT2D eigenvalue weighted by Crippen LogP contribution is -2.42. The topological polar surface area (TPSA) is 68.8 Å². The molecule has 6 heteroatoms. The summed E-state index contributed by atoms with van der Waals surface area (Å²) in [5.74, 6) is 2.05. The standard InChI is InChI=1S/C16H31N5O/c1-3-17-16(19-9-8-18-15(22)14-4-5-14)20-12-13-6-10-21(2)11-7-13/h13-14H,3-12H2,1-2H3,(H,18,22)(H2,17,19,20). The van der Waals surface area contributed by atoms with Gasteiger partial charge in [-0.05, 0) is 58.7 Å². The molecule has 2 rings (SSSR count). The van der Waals surface area contributed by atoms with E-state index in [1.165, 1.54) is 25.9 Å². The van der Waals surface area contributed by atoms with Crippen molar-refractivity contribution >= 4 is 11.9 Å². The third kappa shape index (κ3) is 6.22. The van der Waals surface area contributed by atoms with Crippen molar-refractivity contribution in [3.8, 4) is 0 Å². The third-order valence-electron chi connectivity index (χ3n) is 4.35. The largest absolute Gasteiger partial charge is 0.357 e. The molecule has 0 spiro atoms. The number of amides is 1. The molecule has 0 bridgehead atoms. The van der Waals surface area contributed by atoms with Crippen molar-refractivity contribution < 1.29 is 4.79 Å². The van der Waals surface area contributed by atoms with Gasteiger partial charge < -0.3 is 20.9 Å². The fourth-order valence-corrected chi connectivity index (χ4v) is 2.66. The van der Waals surface area contributed by atoms with Gasteiger partial charge in [0.15, 0.2) is 5.96 Å². The Morgan fingerprint density at radius 1 is 1.09 bits per heavy atom. The molecule has 0 atom stereocenters. The van der Waals surface area contributed by atoms with Crippen molar-refractivity contribution in [2.75, 3.05) is 46.3 Å². The average molecular weight is 309 g/mol. The van der Waals surface area contributed by atoms with Gasteiger partial charge in [0.1, 0.15) is 0 Å². The van der Waals surface area contributed by atoms with Gasteiger partial charge >= 0.3 is 0 Å². The SMILES string of the molecule is CCNC(=NCC1CCN(C)CC1)NCCNC(=O)C1CC1. The van der Waals surface area contributed by atoms with Gasteiger partial charge in [0.05, 0.1) is 0 Å². The molecule has 126 valence electrons. The summed E-state index contributed by atoms with van der Waals surface area (Å²) >= 11 is 0. The number of nitrogens with zero attached hydrogens (tertiary/aromatic N) is 2. The number of nitrogens with one attached hydrogen (secondary N) is 3. The molecule has 1 aliphatic heterocycles. The van der Waals surface area contributed by atoms with Gasteiger partial charge in [0.2, 0.25) is 5.91 Å². The van der Waals surface area contributed by atoms with E-state index in [9.17, 15) is 4.79 Å². The maximum absolute atomic E-state index is 11.5. The number of hydrogen-bond donors (Lipinski definition) is 3. The highest BCUT2D eigenvalue weighted by Gasteiger charge is 2.28. The monoisotopic (exact) mass is 309 g/mol. The Balaban J connectivity index is 1.64. The van der Waals surface area contributed by atoms with Gasteiger partial charge in [-0.15, -0.1) is 0 Å². The Kier molecular flexibility index (Phi) is 6.96. The second kappa shape index (κ2) is 8.98. The Labute approximate surface area is 134 Å². The number of hydrogen-bond acceptors (Lipinski definition) is 3. The van der Waals surface area contributed by atoms with Crippen molar-refractivity contribution in [3.63, 3.8) is 0 Å². The summed E-state index contributed by atoms with van der Waals surface area (Å²) in [6, 6.07) is 0. The summed E-state index contributed by atoms with van der Waals surface area (Å²) in [6.07, 6.45) is 4.58. The number of rotatable bonds is 7. The smallest absolute Gasteiger partial charge is 0.223 e. The Hall–Kier alpha value is -1.30. The number of piperidine rings is 1. The summed E-state index contributed by atoms with van der Waals surface area (Å²) < 4.78 is 0. The number of carbonyl (C=O) groups excluding carboxylic acids is 1.